The minimum atomic E-state index is 0.281. The lowest BCUT2D eigenvalue weighted by Gasteiger charge is -2.40. The molecule has 2 aromatic carbocycles. The van der Waals surface area contributed by atoms with E-state index in [4.69, 9.17) is 5.73 Å². The summed E-state index contributed by atoms with van der Waals surface area (Å²) < 4.78 is 0. The predicted octanol–water partition coefficient (Wildman–Crippen LogP) is 3.45. The second kappa shape index (κ2) is 6.42. The molecule has 1 fully saturated rings. The minimum Gasteiger partial charge on any atom is -0.327 e. The van der Waals surface area contributed by atoms with E-state index in [2.05, 4.69) is 72.5 Å². The molecule has 0 spiro atoms. The molecule has 0 saturated carbocycles. The number of hydrogen-bond donors (Lipinski definition) is 1. The van der Waals surface area contributed by atoms with Crippen LogP contribution < -0.4 is 5.73 Å². The summed E-state index contributed by atoms with van der Waals surface area (Å²) in [6.45, 7) is 4.39. The maximum Gasteiger partial charge on any atom is 0.0602 e. The van der Waals surface area contributed by atoms with Gasteiger partial charge in [0.25, 0.3) is 0 Å². The molecule has 2 unspecified atom stereocenters. The molecule has 3 rings (SSSR count). The van der Waals surface area contributed by atoms with Crippen LogP contribution >= 0.6 is 0 Å². The fourth-order valence-corrected chi connectivity index (χ4v) is 3.54. The largest absolute Gasteiger partial charge is 0.327 e. The van der Waals surface area contributed by atoms with Crippen LogP contribution in [0, 0.1) is 5.92 Å². The van der Waals surface area contributed by atoms with E-state index in [0.717, 1.165) is 19.5 Å². The van der Waals surface area contributed by atoms with Gasteiger partial charge >= 0.3 is 0 Å². The van der Waals surface area contributed by atoms with Crippen molar-refractivity contribution in [2.75, 3.05) is 13.1 Å². The zero-order valence-electron chi connectivity index (χ0n) is 12.7. The Balaban J connectivity index is 1.96. The van der Waals surface area contributed by atoms with Crippen molar-refractivity contribution < 1.29 is 0 Å². The zero-order chi connectivity index (χ0) is 14.7. The Kier molecular flexibility index (Phi) is 4.37. The van der Waals surface area contributed by atoms with E-state index < -0.39 is 0 Å². The van der Waals surface area contributed by atoms with Gasteiger partial charge < -0.3 is 5.73 Å². The van der Waals surface area contributed by atoms with Crippen LogP contribution in [0.3, 0.4) is 0 Å². The molecule has 0 radical (unpaired) electrons. The third-order valence-corrected chi connectivity index (χ3v) is 4.32. The number of nitrogens with two attached hydrogens (primary N) is 1. The number of rotatable bonds is 3. The molecule has 2 aromatic rings. The summed E-state index contributed by atoms with van der Waals surface area (Å²) in [5.41, 5.74) is 8.97. The van der Waals surface area contributed by atoms with Crippen molar-refractivity contribution in [2.45, 2.75) is 25.4 Å². The molecule has 0 amide bonds. The van der Waals surface area contributed by atoms with E-state index in [1.165, 1.54) is 11.1 Å². The van der Waals surface area contributed by atoms with E-state index in [1.807, 2.05) is 0 Å². The van der Waals surface area contributed by atoms with E-state index >= 15 is 0 Å². The van der Waals surface area contributed by atoms with Crippen molar-refractivity contribution in [3.8, 4) is 0 Å². The fraction of sp³-hybridized carbons (Fsp3) is 0.368. The van der Waals surface area contributed by atoms with Gasteiger partial charge in [0.1, 0.15) is 0 Å². The third-order valence-electron chi connectivity index (χ3n) is 4.32. The average molecular weight is 280 g/mol. The highest BCUT2D eigenvalue weighted by molar-refractivity contribution is 5.32. The van der Waals surface area contributed by atoms with Crippen molar-refractivity contribution >= 4 is 0 Å². The van der Waals surface area contributed by atoms with Crippen molar-refractivity contribution in [3.63, 3.8) is 0 Å². The average Bonchev–Trinajstić information content (AvgIpc) is 2.49. The first-order chi connectivity index (χ1) is 10.2. The summed E-state index contributed by atoms with van der Waals surface area (Å²) in [4.78, 5) is 2.55. The molecule has 0 bridgehead atoms. The molecule has 2 N–H and O–H groups in total. The van der Waals surface area contributed by atoms with E-state index in [0.29, 0.717) is 12.0 Å². The first kappa shape index (κ1) is 14.3. The van der Waals surface area contributed by atoms with Gasteiger partial charge in [-0.25, -0.2) is 0 Å². The van der Waals surface area contributed by atoms with Gasteiger partial charge in [0.15, 0.2) is 0 Å². The van der Waals surface area contributed by atoms with Crippen LogP contribution in [0.15, 0.2) is 60.7 Å². The molecule has 1 heterocycles. The number of hydrogen-bond acceptors (Lipinski definition) is 2. The monoisotopic (exact) mass is 280 g/mol. The topological polar surface area (TPSA) is 29.3 Å². The van der Waals surface area contributed by atoms with Gasteiger partial charge in [0.05, 0.1) is 6.04 Å². The zero-order valence-corrected chi connectivity index (χ0v) is 12.7. The SMILES string of the molecule is CC1CC(N)CN(C(c2ccccc2)c2ccccc2)C1. The first-order valence-corrected chi connectivity index (χ1v) is 7.83. The highest BCUT2D eigenvalue weighted by Crippen LogP contribution is 2.31. The molecule has 2 nitrogen and oxygen atoms in total. The third kappa shape index (κ3) is 3.34. The van der Waals surface area contributed by atoms with E-state index in [1.54, 1.807) is 0 Å². The highest BCUT2D eigenvalue weighted by atomic mass is 15.2. The molecular formula is C19H24N2. The smallest absolute Gasteiger partial charge is 0.0602 e. The molecule has 2 heteroatoms. The number of likely N-dealkylation sites (tertiary alicyclic amines) is 1. The van der Waals surface area contributed by atoms with Crippen LogP contribution in [0.5, 0.6) is 0 Å². The Labute approximate surface area is 127 Å². The van der Waals surface area contributed by atoms with Crippen molar-refractivity contribution in [3.05, 3.63) is 71.8 Å². The quantitative estimate of drug-likeness (QED) is 0.933. The van der Waals surface area contributed by atoms with Gasteiger partial charge in [-0.3, -0.25) is 4.90 Å². The van der Waals surface area contributed by atoms with Crippen molar-refractivity contribution in [1.82, 2.24) is 4.90 Å². The summed E-state index contributed by atoms with van der Waals surface area (Å²) in [6, 6.07) is 22.1. The molecule has 0 aliphatic carbocycles. The summed E-state index contributed by atoms with van der Waals surface area (Å²) >= 11 is 0. The standard InChI is InChI=1S/C19H24N2/c1-15-12-18(20)14-21(13-15)19(16-8-4-2-5-9-16)17-10-6-3-7-11-17/h2-11,15,18-19H,12-14,20H2,1H3. The van der Waals surface area contributed by atoms with E-state index in [9.17, 15) is 0 Å². The highest BCUT2D eigenvalue weighted by Gasteiger charge is 2.29. The Morgan fingerprint density at radius 3 is 1.90 bits per heavy atom. The Morgan fingerprint density at radius 1 is 0.905 bits per heavy atom. The van der Waals surface area contributed by atoms with Crippen molar-refractivity contribution in [2.24, 2.45) is 11.7 Å². The first-order valence-electron chi connectivity index (χ1n) is 7.83. The molecule has 1 aliphatic rings. The molecule has 2 atom stereocenters. The molecule has 0 aromatic heterocycles. The second-order valence-electron chi connectivity index (χ2n) is 6.28. The summed E-state index contributed by atoms with van der Waals surface area (Å²) in [5, 5.41) is 0. The van der Waals surface area contributed by atoms with Gasteiger partial charge in [0, 0.05) is 19.1 Å². The summed E-state index contributed by atoms with van der Waals surface area (Å²) in [5.74, 6) is 0.656. The normalized spacial score (nSPS) is 23.4. The molecule has 21 heavy (non-hydrogen) atoms. The van der Waals surface area contributed by atoms with Crippen LogP contribution in [0.1, 0.15) is 30.5 Å². The minimum absolute atomic E-state index is 0.281. The summed E-state index contributed by atoms with van der Waals surface area (Å²) in [6.07, 6.45) is 1.13. The summed E-state index contributed by atoms with van der Waals surface area (Å²) in [7, 11) is 0. The lowest BCUT2D eigenvalue weighted by molar-refractivity contribution is 0.133. The van der Waals surface area contributed by atoms with Gasteiger partial charge in [-0.05, 0) is 23.5 Å². The number of nitrogens with zero attached hydrogens (tertiary/aromatic N) is 1. The molecule has 110 valence electrons. The molecule has 1 aliphatic heterocycles. The van der Waals surface area contributed by atoms with Crippen molar-refractivity contribution in [1.29, 1.82) is 0 Å². The Morgan fingerprint density at radius 2 is 1.43 bits per heavy atom. The maximum absolute atomic E-state index is 6.27. The number of piperidine rings is 1. The molecule has 1 saturated heterocycles. The second-order valence-corrected chi connectivity index (χ2v) is 6.28. The Bertz CT molecular complexity index is 503. The fourth-order valence-electron chi connectivity index (χ4n) is 3.54. The van der Waals surface area contributed by atoms with Gasteiger partial charge in [-0.15, -0.1) is 0 Å². The predicted molar refractivity (Wildman–Crippen MR) is 88.1 cm³/mol. The van der Waals surface area contributed by atoms with Crippen LogP contribution in [0.2, 0.25) is 0 Å². The van der Waals surface area contributed by atoms with Crippen LogP contribution in [-0.2, 0) is 0 Å². The van der Waals surface area contributed by atoms with Crippen LogP contribution in [-0.4, -0.2) is 24.0 Å². The maximum atomic E-state index is 6.27. The van der Waals surface area contributed by atoms with Crippen LogP contribution in [0.25, 0.3) is 0 Å². The van der Waals surface area contributed by atoms with Crippen LogP contribution in [0.4, 0.5) is 0 Å². The number of benzene rings is 2. The molecular weight excluding hydrogens is 256 g/mol. The lowest BCUT2D eigenvalue weighted by atomic mass is 9.90. The van der Waals surface area contributed by atoms with Gasteiger partial charge in [-0.1, -0.05) is 67.6 Å². The Hall–Kier alpha value is -1.64. The van der Waals surface area contributed by atoms with Gasteiger partial charge in [0.2, 0.25) is 0 Å². The van der Waals surface area contributed by atoms with Gasteiger partial charge in [-0.2, -0.15) is 0 Å². The lowest BCUT2D eigenvalue weighted by Crippen LogP contribution is -2.47. The van der Waals surface area contributed by atoms with E-state index in [-0.39, 0.29) is 6.04 Å².